The third-order valence-electron chi connectivity index (χ3n) is 2.28. The Hall–Kier alpha value is -0.770. The number of Topliss-reactive ketones (excluding diaryl/α,β-unsaturated/α-hetero) is 1. The first-order valence-corrected chi connectivity index (χ1v) is 5.92. The summed E-state index contributed by atoms with van der Waals surface area (Å²) in [6.45, 7) is 1.57. The highest BCUT2D eigenvalue weighted by atomic mass is 32.2. The molecule has 0 aliphatic carbocycles. The smallest absolute Gasteiger partial charge is 0.198 e. The summed E-state index contributed by atoms with van der Waals surface area (Å²) in [5.41, 5.74) is 0.768. The highest BCUT2D eigenvalue weighted by Crippen LogP contribution is 2.31. The summed E-state index contributed by atoms with van der Waals surface area (Å²) < 4.78 is 5.37. The SMILES string of the molecule is CC(=O)Cc1coc(C2CCSC2)n1. The zero-order valence-corrected chi connectivity index (χ0v) is 8.97. The normalized spacial score (nSPS) is 21.4. The number of aromatic nitrogens is 1. The Morgan fingerprint density at radius 3 is 3.29 bits per heavy atom. The maximum absolute atomic E-state index is 10.9. The zero-order chi connectivity index (χ0) is 9.97. The van der Waals surface area contributed by atoms with Crippen molar-refractivity contribution in [2.45, 2.75) is 25.7 Å². The molecule has 14 heavy (non-hydrogen) atoms. The molecule has 1 atom stereocenters. The van der Waals surface area contributed by atoms with Gasteiger partial charge in [0.1, 0.15) is 12.0 Å². The van der Waals surface area contributed by atoms with Crippen molar-refractivity contribution in [1.29, 1.82) is 0 Å². The van der Waals surface area contributed by atoms with Gasteiger partial charge in [-0.15, -0.1) is 0 Å². The summed E-state index contributed by atoms with van der Waals surface area (Å²) in [5.74, 6) is 3.69. The number of carbonyl (C=O) groups is 1. The van der Waals surface area contributed by atoms with Crippen LogP contribution in [0.25, 0.3) is 0 Å². The summed E-state index contributed by atoms with van der Waals surface area (Å²) in [7, 11) is 0. The van der Waals surface area contributed by atoms with Gasteiger partial charge < -0.3 is 4.42 Å². The average molecular weight is 211 g/mol. The second-order valence-corrected chi connectivity index (χ2v) is 4.77. The van der Waals surface area contributed by atoms with E-state index in [0.717, 1.165) is 23.8 Å². The maximum atomic E-state index is 10.9. The van der Waals surface area contributed by atoms with Crippen molar-refractivity contribution in [2.24, 2.45) is 0 Å². The van der Waals surface area contributed by atoms with E-state index in [1.165, 1.54) is 5.75 Å². The van der Waals surface area contributed by atoms with Gasteiger partial charge in [0.25, 0.3) is 0 Å². The molecule has 0 N–H and O–H groups in total. The molecule has 1 saturated heterocycles. The molecule has 4 heteroatoms. The minimum Gasteiger partial charge on any atom is -0.448 e. The summed E-state index contributed by atoms with van der Waals surface area (Å²) in [5, 5.41) is 0. The van der Waals surface area contributed by atoms with Gasteiger partial charge >= 0.3 is 0 Å². The molecule has 2 rings (SSSR count). The van der Waals surface area contributed by atoms with E-state index in [1.54, 1.807) is 13.2 Å². The van der Waals surface area contributed by atoms with Crippen molar-refractivity contribution in [2.75, 3.05) is 11.5 Å². The molecule has 76 valence electrons. The lowest BCUT2D eigenvalue weighted by molar-refractivity contribution is -0.116. The zero-order valence-electron chi connectivity index (χ0n) is 8.16. The van der Waals surface area contributed by atoms with Crippen molar-refractivity contribution >= 4 is 17.5 Å². The van der Waals surface area contributed by atoms with Crippen molar-refractivity contribution in [3.63, 3.8) is 0 Å². The molecule has 1 fully saturated rings. The first-order chi connectivity index (χ1) is 6.75. The fraction of sp³-hybridized carbons (Fsp3) is 0.600. The fourth-order valence-corrected chi connectivity index (χ4v) is 2.79. The largest absolute Gasteiger partial charge is 0.448 e. The molecule has 3 nitrogen and oxygen atoms in total. The molecule has 1 aromatic heterocycles. The van der Waals surface area contributed by atoms with E-state index in [2.05, 4.69) is 4.98 Å². The monoisotopic (exact) mass is 211 g/mol. The molecule has 2 heterocycles. The van der Waals surface area contributed by atoms with Gasteiger partial charge in [-0.25, -0.2) is 4.98 Å². The van der Waals surface area contributed by atoms with Crippen LogP contribution in [0.2, 0.25) is 0 Å². The van der Waals surface area contributed by atoms with Crippen LogP contribution in [0.4, 0.5) is 0 Å². The fourth-order valence-electron chi connectivity index (χ4n) is 1.58. The lowest BCUT2D eigenvalue weighted by Crippen LogP contribution is -1.99. The van der Waals surface area contributed by atoms with Crippen LogP contribution in [0.1, 0.15) is 30.8 Å². The minimum atomic E-state index is 0.130. The first-order valence-electron chi connectivity index (χ1n) is 4.77. The van der Waals surface area contributed by atoms with Gasteiger partial charge in [0, 0.05) is 11.7 Å². The molecule has 1 aliphatic rings. The Bertz CT molecular complexity index is 329. The lowest BCUT2D eigenvalue weighted by Gasteiger charge is -1.99. The Morgan fingerprint density at radius 2 is 2.64 bits per heavy atom. The van der Waals surface area contributed by atoms with Crippen LogP contribution in [0, 0.1) is 0 Å². The van der Waals surface area contributed by atoms with Gasteiger partial charge in [0.05, 0.1) is 12.1 Å². The van der Waals surface area contributed by atoms with Gasteiger partial charge in [0.15, 0.2) is 5.89 Å². The van der Waals surface area contributed by atoms with E-state index in [9.17, 15) is 4.79 Å². The van der Waals surface area contributed by atoms with Crippen LogP contribution < -0.4 is 0 Å². The third-order valence-corrected chi connectivity index (χ3v) is 3.44. The van der Waals surface area contributed by atoms with Crippen molar-refractivity contribution in [3.05, 3.63) is 17.8 Å². The number of rotatable bonds is 3. The van der Waals surface area contributed by atoms with E-state index in [-0.39, 0.29) is 5.78 Å². The number of nitrogens with zero attached hydrogens (tertiary/aromatic N) is 1. The molecule has 1 aromatic rings. The summed E-state index contributed by atoms with van der Waals surface area (Å²) in [4.78, 5) is 15.2. The second kappa shape index (κ2) is 4.17. The van der Waals surface area contributed by atoms with E-state index in [1.807, 2.05) is 11.8 Å². The first kappa shape index (κ1) is 9.77. The summed E-state index contributed by atoms with van der Waals surface area (Å²) in [6, 6.07) is 0. The van der Waals surface area contributed by atoms with Gasteiger partial charge in [-0.1, -0.05) is 0 Å². The molecule has 0 bridgehead atoms. The number of thioether (sulfide) groups is 1. The van der Waals surface area contributed by atoms with Crippen molar-refractivity contribution in [3.8, 4) is 0 Å². The summed E-state index contributed by atoms with van der Waals surface area (Å²) >= 11 is 1.93. The van der Waals surface area contributed by atoms with Crippen LogP contribution in [0.3, 0.4) is 0 Å². The minimum absolute atomic E-state index is 0.130. The molecule has 0 aromatic carbocycles. The molecule has 0 saturated carbocycles. The van der Waals surface area contributed by atoms with Crippen LogP contribution >= 0.6 is 11.8 Å². The lowest BCUT2D eigenvalue weighted by atomic mass is 10.1. The maximum Gasteiger partial charge on any atom is 0.198 e. The number of hydrogen-bond donors (Lipinski definition) is 0. The van der Waals surface area contributed by atoms with Gasteiger partial charge in [0.2, 0.25) is 0 Å². The van der Waals surface area contributed by atoms with Crippen LogP contribution in [0.15, 0.2) is 10.7 Å². The molecule has 0 amide bonds. The molecule has 1 aliphatic heterocycles. The van der Waals surface area contributed by atoms with Crippen molar-refractivity contribution < 1.29 is 9.21 Å². The predicted octanol–water partition coefficient (Wildman–Crippen LogP) is 2.03. The Labute approximate surface area is 87.3 Å². The number of hydrogen-bond acceptors (Lipinski definition) is 4. The van der Waals surface area contributed by atoms with Gasteiger partial charge in [-0.3, -0.25) is 4.79 Å². The van der Waals surface area contributed by atoms with E-state index < -0.39 is 0 Å². The van der Waals surface area contributed by atoms with Crippen LogP contribution in [-0.2, 0) is 11.2 Å². The topological polar surface area (TPSA) is 43.1 Å². The Balaban J connectivity index is 2.05. The van der Waals surface area contributed by atoms with E-state index >= 15 is 0 Å². The molecular weight excluding hydrogens is 198 g/mol. The molecular formula is C10H13NO2S. The highest BCUT2D eigenvalue weighted by molar-refractivity contribution is 7.99. The van der Waals surface area contributed by atoms with E-state index in [4.69, 9.17) is 4.42 Å². The van der Waals surface area contributed by atoms with Crippen molar-refractivity contribution in [1.82, 2.24) is 4.98 Å². The Morgan fingerprint density at radius 1 is 1.79 bits per heavy atom. The van der Waals surface area contributed by atoms with Gasteiger partial charge in [-0.05, 0) is 19.1 Å². The number of ketones is 1. The molecule has 0 spiro atoms. The van der Waals surface area contributed by atoms with Crippen LogP contribution in [-0.4, -0.2) is 22.3 Å². The summed E-state index contributed by atoms with van der Waals surface area (Å²) in [6.07, 6.45) is 3.15. The Kier molecular flexibility index (Phi) is 2.91. The second-order valence-electron chi connectivity index (χ2n) is 3.62. The quantitative estimate of drug-likeness (QED) is 0.767. The van der Waals surface area contributed by atoms with Crippen LogP contribution in [0.5, 0.6) is 0 Å². The number of carbonyl (C=O) groups excluding carboxylic acids is 1. The molecule has 0 radical (unpaired) electrons. The highest BCUT2D eigenvalue weighted by Gasteiger charge is 2.22. The average Bonchev–Trinajstić information content (AvgIpc) is 2.69. The standard InChI is InChI=1S/C10H13NO2S/c1-7(12)4-9-5-13-10(11-9)8-2-3-14-6-8/h5,8H,2-4,6H2,1H3. The molecule has 1 unspecified atom stereocenters. The van der Waals surface area contributed by atoms with E-state index in [0.29, 0.717) is 12.3 Å². The van der Waals surface area contributed by atoms with Gasteiger partial charge in [-0.2, -0.15) is 11.8 Å². The predicted molar refractivity (Wildman–Crippen MR) is 55.6 cm³/mol. The third kappa shape index (κ3) is 2.18. The number of oxazole rings is 1.